The van der Waals surface area contributed by atoms with Crippen LogP contribution < -0.4 is 5.32 Å². The van der Waals surface area contributed by atoms with E-state index >= 15 is 0 Å². The number of carbonyl (C=O) groups is 1. The first-order chi connectivity index (χ1) is 9.47. The van der Waals surface area contributed by atoms with Crippen LogP contribution in [-0.4, -0.2) is 34.1 Å². The van der Waals surface area contributed by atoms with E-state index in [2.05, 4.69) is 5.32 Å². The van der Waals surface area contributed by atoms with Crippen molar-refractivity contribution >= 4 is 37.0 Å². The number of rotatable bonds is 5. The molecule has 1 aromatic heterocycles. The van der Waals surface area contributed by atoms with Gasteiger partial charge in [-0.05, 0) is 31.4 Å². The Morgan fingerprint density at radius 2 is 2.30 bits per heavy atom. The lowest BCUT2D eigenvalue weighted by Crippen LogP contribution is -2.36. The zero-order valence-electron chi connectivity index (χ0n) is 10.8. The van der Waals surface area contributed by atoms with E-state index in [9.17, 15) is 13.2 Å². The third-order valence-corrected chi connectivity index (χ3v) is 6.32. The van der Waals surface area contributed by atoms with Crippen molar-refractivity contribution in [3.05, 3.63) is 17.0 Å². The van der Waals surface area contributed by atoms with Crippen LogP contribution in [0.25, 0.3) is 0 Å². The number of halogens is 1. The zero-order chi connectivity index (χ0) is 14.6. The summed E-state index contributed by atoms with van der Waals surface area (Å²) in [5.41, 5.74) is 0. The number of hydrogen-bond donors (Lipinski definition) is 1. The molecule has 1 unspecified atom stereocenters. The van der Waals surface area contributed by atoms with Gasteiger partial charge in [0.15, 0.2) is 0 Å². The van der Waals surface area contributed by atoms with Crippen LogP contribution in [0.1, 0.15) is 17.7 Å². The molecule has 0 aromatic carbocycles. The third kappa shape index (κ3) is 4.44. The molecular weight excluding hydrogens is 322 g/mol. The van der Waals surface area contributed by atoms with Gasteiger partial charge >= 0.3 is 0 Å². The highest BCUT2D eigenvalue weighted by molar-refractivity contribution is 8.15. The quantitative estimate of drug-likeness (QED) is 0.831. The molecule has 1 aliphatic rings. The molecule has 1 fully saturated rings. The van der Waals surface area contributed by atoms with Gasteiger partial charge in [0.1, 0.15) is 4.21 Å². The molecule has 0 aliphatic carbocycles. The summed E-state index contributed by atoms with van der Waals surface area (Å²) in [5.74, 6) is -0.0580. The fourth-order valence-electron chi connectivity index (χ4n) is 2.02. The van der Waals surface area contributed by atoms with Crippen molar-refractivity contribution in [2.24, 2.45) is 5.92 Å². The van der Waals surface area contributed by atoms with E-state index in [1.807, 2.05) is 0 Å². The average Bonchev–Trinajstić information content (AvgIpc) is 2.88. The Balaban J connectivity index is 1.78. The second kappa shape index (κ2) is 6.89. The molecule has 2 rings (SSSR count). The Labute approximate surface area is 126 Å². The van der Waals surface area contributed by atoms with Gasteiger partial charge in [-0.2, -0.15) is 0 Å². The number of hydrogen-bond acceptors (Lipinski definition) is 5. The average molecular weight is 338 g/mol. The molecule has 0 saturated carbocycles. The van der Waals surface area contributed by atoms with Crippen LogP contribution >= 0.6 is 22.0 Å². The van der Waals surface area contributed by atoms with E-state index in [0.29, 0.717) is 19.6 Å². The van der Waals surface area contributed by atoms with Gasteiger partial charge in [0.05, 0.1) is 12.5 Å². The van der Waals surface area contributed by atoms with Crippen LogP contribution in [0.5, 0.6) is 0 Å². The minimum atomic E-state index is -3.65. The molecule has 5 nitrogen and oxygen atoms in total. The molecule has 20 heavy (non-hydrogen) atoms. The predicted molar refractivity (Wildman–Crippen MR) is 77.6 cm³/mol. The fourth-order valence-corrected chi connectivity index (χ4v) is 4.15. The summed E-state index contributed by atoms with van der Waals surface area (Å²) in [6.45, 7) is 1.70. The van der Waals surface area contributed by atoms with Crippen molar-refractivity contribution in [2.45, 2.75) is 23.5 Å². The van der Waals surface area contributed by atoms with Crippen molar-refractivity contribution in [2.75, 3.05) is 19.8 Å². The van der Waals surface area contributed by atoms with E-state index in [1.165, 1.54) is 6.07 Å². The summed E-state index contributed by atoms with van der Waals surface area (Å²) >= 11 is 1.13. The Bertz CT molecular complexity index is 564. The van der Waals surface area contributed by atoms with Gasteiger partial charge in [-0.3, -0.25) is 4.79 Å². The number of carbonyl (C=O) groups excluding carboxylic acids is 1. The summed E-state index contributed by atoms with van der Waals surface area (Å²) in [6, 6.07) is 3.20. The van der Waals surface area contributed by atoms with Crippen LogP contribution in [0.15, 0.2) is 16.3 Å². The van der Waals surface area contributed by atoms with Gasteiger partial charge in [-0.15, -0.1) is 11.3 Å². The molecule has 0 spiro atoms. The van der Waals surface area contributed by atoms with Crippen LogP contribution in [0.4, 0.5) is 0 Å². The fraction of sp³-hybridized carbons (Fsp3) is 0.583. The maximum Gasteiger partial charge on any atom is 0.270 e. The SMILES string of the molecule is O=C(NCCc1ccc(S(=O)(=O)Cl)s1)C1CCCOC1. The van der Waals surface area contributed by atoms with Crippen LogP contribution in [-0.2, 0) is 25.0 Å². The van der Waals surface area contributed by atoms with Gasteiger partial charge in [0, 0.05) is 28.7 Å². The van der Waals surface area contributed by atoms with Gasteiger partial charge in [0.2, 0.25) is 5.91 Å². The van der Waals surface area contributed by atoms with Crippen molar-refractivity contribution in [1.29, 1.82) is 0 Å². The lowest BCUT2D eigenvalue weighted by atomic mass is 10.0. The van der Waals surface area contributed by atoms with Gasteiger partial charge < -0.3 is 10.1 Å². The van der Waals surface area contributed by atoms with E-state index in [4.69, 9.17) is 15.4 Å². The van der Waals surface area contributed by atoms with Crippen LogP contribution in [0.3, 0.4) is 0 Å². The first-order valence-corrected chi connectivity index (χ1v) is 9.48. The van der Waals surface area contributed by atoms with Gasteiger partial charge in [-0.25, -0.2) is 8.42 Å². The van der Waals surface area contributed by atoms with E-state index in [1.54, 1.807) is 6.07 Å². The maximum absolute atomic E-state index is 11.8. The molecule has 1 saturated heterocycles. The second-order valence-electron chi connectivity index (χ2n) is 4.61. The number of amides is 1. The van der Waals surface area contributed by atoms with Crippen molar-refractivity contribution in [3.8, 4) is 0 Å². The van der Waals surface area contributed by atoms with Crippen LogP contribution in [0, 0.1) is 5.92 Å². The van der Waals surface area contributed by atoms with Crippen LogP contribution in [0.2, 0.25) is 0 Å². The zero-order valence-corrected chi connectivity index (χ0v) is 13.2. The molecule has 1 aromatic rings. The van der Waals surface area contributed by atoms with E-state index in [-0.39, 0.29) is 16.0 Å². The molecular formula is C12H16ClNO4S2. The molecule has 0 bridgehead atoms. The van der Waals surface area contributed by atoms with Gasteiger partial charge in [-0.1, -0.05) is 0 Å². The molecule has 1 atom stereocenters. The van der Waals surface area contributed by atoms with Crippen molar-refractivity contribution in [3.63, 3.8) is 0 Å². The molecule has 1 amide bonds. The van der Waals surface area contributed by atoms with E-state index in [0.717, 1.165) is 35.7 Å². The second-order valence-corrected chi connectivity index (χ2v) is 8.57. The normalized spacial score (nSPS) is 19.8. The summed E-state index contributed by atoms with van der Waals surface area (Å²) < 4.78 is 27.7. The molecule has 112 valence electrons. The summed E-state index contributed by atoms with van der Waals surface area (Å²) in [5, 5.41) is 2.85. The minimum Gasteiger partial charge on any atom is -0.381 e. The van der Waals surface area contributed by atoms with Crippen molar-refractivity contribution < 1.29 is 17.9 Å². The summed E-state index contributed by atoms with van der Waals surface area (Å²) in [4.78, 5) is 12.7. The minimum absolute atomic E-state index is 0.00597. The summed E-state index contributed by atoms with van der Waals surface area (Å²) in [7, 11) is 1.60. The first-order valence-electron chi connectivity index (χ1n) is 6.35. The summed E-state index contributed by atoms with van der Waals surface area (Å²) in [6.07, 6.45) is 2.37. The molecule has 1 N–H and O–H groups in total. The topological polar surface area (TPSA) is 72.5 Å². The van der Waals surface area contributed by atoms with Crippen molar-refractivity contribution in [1.82, 2.24) is 5.32 Å². The monoisotopic (exact) mass is 337 g/mol. The highest BCUT2D eigenvalue weighted by Gasteiger charge is 2.21. The maximum atomic E-state index is 11.8. The van der Waals surface area contributed by atoms with Gasteiger partial charge in [0.25, 0.3) is 9.05 Å². The Hall–Kier alpha value is -0.630. The Kier molecular flexibility index (Phi) is 5.42. The largest absolute Gasteiger partial charge is 0.381 e. The highest BCUT2D eigenvalue weighted by Crippen LogP contribution is 2.24. The molecule has 0 radical (unpaired) electrons. The number of nitrogens with one attached hydrogen (secondary N) is 1. The predicted octanol–water partition coefficient (Wildman–Crippen LogP) is 1.76. The lowest BCUT2D eigenvalue weighted by molar-refractivity contribution is -0.128. The Morgan fingerprint density at radius 1 is 1.50 bits per heavy atom. The highest BCUT2D eigenvalue weighted by atomic mass is 35.7. The molecule has 2 heterocycles. The van der Waals surface area contributed by atoms with E-state index < -0.39 is 9.05 Å². The number of ether oxygens (including phenoxy) is 1. The molecule has 1 aliphatic heterocycles. The smallest absolute Gasteiger partial charge is 0.270 e. The Morgan fingerprint density at radius 3 is 2.90 bits per heavy atom. The first kappa shape index (κ1) is 15.8. The standard InChI is InChI=1S/C12H16ClNO4S2/c13-20(16,17)11-4-3-10(19-11)5-6-14-12(15)9-2-1-7-18-8-9/h3-4,9H,1-2,5-8H2,(H,14,15). The molecule has 8 heteroatoms. The third-order valence-electron chi connectivity index (χ3n) is 3.08. The lowest BCUT2D eigenvalue weighted by Gasteiger charge is -2.21. The number of thiophene rings is 1.